The Kier molecular flexibility index (Phi) is 5.11. The highest BCUT2D eigenvalue weighted by Gasteiger charge is 2.48. The van der Waals surface area contributed by atoms with Crippen molar-refractivity contribution in [2.45, 2.75) is 43.9 Å². The van der Waals surface area contributed by atoms with Crippen LogP contribution in [0.2, 0.25) is 5.02 Å². The van der Waals surface area contributed by atoms with Crippen molar-refractivity contribution in [3.8, 4) is 6.01 Å². The zero-order valence-corrected chi connectivity index (χ0v) is 17.0. The molecule has 3 N–H and O–H groups in total. The standard InChI is InChI=1S/C19H22ClN5O5/c1-25-10(6-26)4-9(24-25)2-3-12-11(20)5-13-18(21-12)23-19(22-13)30-15-8-29-16-14(27)7-28-17(15)16/h4-5,14-17,26-27H,2-3,6-8H2,1H3,(H,21,22,23)/t14-,15-,16-,17-/m1/s1. The van der Waals surface area contributed by atoms with Gasteiger partial charge in [-0.2, -0.15) is 10.1 Å². The zero-order valence-electron chi connectivity index (χ0n) is 16.3. The number of nitrogens with one attached hydrogen (secondary N) is 1. The first-order chi connectivity index (χ1) is 14.5. The number of fused-ring (bicyclic) bond motifs is 2. The number of hydrogen-bond acceptors (Lipinski definition) is 8. The Morgan fingerprint density at radius 3 is 2.87 bits per heavy atom. The first-order valence-electron chi connectivity index (χ1n) is 9.77. The van der Waals surface area contributed by atoms with Gasteiger partial charge in [-0.05, 0) is 25.0 Å². The zero-order chi connectivity index (χ0) is 20.8. The van der Waals surface area contributed by atoms with Crippen LogP contribution in [-0.4, -0.2) is 72.6 Å². The topological polar surface area (TPSA) is 128 Å². The van der Waals surface area contributed by atoms with Crippen LogP contribution in [-0.2, 0) is 36.0 Å². The molecule has 0 unspecified atom stereocenters. The van der Waals surface area contributed by atoms with Gasteiger partial charge >= 0.3 is 0 Å². The molecule has 0 aliphatic carbocycles. The van der Waals surface area contributed by atoms with Gasteiger partial charge in [-0.15, -0.1) is 0 Å². The minimum Gasteiger partial charge on any atom is -0.456 e. The molecule has 160 valence electrons. The van der Waals surface area contributed by atoms with E-state index in [-0.39, 0.29) is 31.5 Å². The molecule has 2 aliphatic heterocycles. The lowest BCUT2D eigenvalue weighted by Crippen LogP contribution is -2.34. The Labute approximate surface area is 176 Å². The average molecular weight is 436 g/mol. The third kappa shape index (κ3) is 3.54. The molecule has 11 heteroatoms. The molecular formula is C19H22ClN5O5. The summed E-state index contributed by atoms with van der Waals surface area (Å²) in [6.07, 6.45) is -0.436. The molecule has 4 atom stereocenters. The van der Waals surface area contributed by atoms with E-state index in [1.54, 1.807) is 17.8 Å². The number of halogens is 1. The molecule has 30 heavy (non-hydrogen) atoms. The largest absolute Gasteiger partial charge is 0.456 e. The van der Waals surface area contributed by atoms with E-state index in [2.05, 4.69) is 20.1 Å². The lowest BCUT2D eigenvalue weighted by molar-refractivity contribution is 0.00706. The second kappa shape index (κ2) is 7.78. The number of pyridine rings is 1. The fourth-order valence-corrected chi connectivity index (χ4v) is 4.19. The van der Waals surface area contributed by atoms with E-state index in [1.165, 1.54) is 0 Å². The molecule has 10 nitrogen and oxygen atoms in total. The van der Waals surface area contributed by atoms with Gasteiger partial charge in [0.25, 0.3) is 6.01 Å². The second-order valence-electron chi connectivity index (χ2n) is 7.56. The molecule has 0 saturated carbocycles. The maximum Gasteiger partial charge on any atom is 0.296 e. The average Bonchev–Trinajstić information content (AvgIpc) is 3.46. The number of rotatable bonds is 6. The summed E-state index contributed by atoms with van der Waals surface area (Å²) in [7, 11) is 1.80. The van der Waals surface area contributed by atoms with Crippen LogP contribution < -0.4 is 4.74 Å². The number of H-pyrrole nitrogens is 1. The molecule has 0 bridgehead atoms. The summed E-state index contributed by atoms with van der Waals surface area (Å²) in [6, 6.07) is 3.95. The van der Waals surface area contributed by atoms with Crippen LogP contribution in [0.3, 0.4) is 0 Å². The Bertz CT molecular complexity index is 1070. The summed E-state index contributed by atoms with van der Waals surface area (Å²) in [5, 5.41) is 24.1. The lowest BCUT2D eigenvalue weighted by atomic mass is 10.1. The summed E-state index contributed by atoms with van der Waals surface area (Å²) in [6.45, 7) is 0.511. The number of aliphatic hydroxyl groups excluding tert-OH is 2. The Hall–Kier alpha value is -2.24. The van der Waals surface area contributed by atoms with Crippen LogP contribution >= 0.6 is 11.6 Å². The van der Waals surface area contributed by atoms with E-state index in [0.29, 0.717) is 47.3 Å². The number of ether oxygens (including phenoxy) is 3. The van der Waals surface area contributed by atoms with Crippen molar-refractivity contribution in [1.29, 1.82) is 0 Å². The number of nitrogens with zero attached hydrogens (tertiary/aromatic N) is 4. The maximum absolute atomic E-state index is 9.85. The Morgan fingerprint density at radius 2 is 2.07 bits per heavy atom. The summed E-state index contributed by atoms with van der Waals surface area (Å²) in [4.78, 5) is 12.1. The highest BCUT2D eigenvalue weighted by Crippen LogP contribution is 2.30. The molecule has 0 aromatic carbocycles. The van der Waals surface area contributed by atoms with Crippen LogP contribution in [0.5, 0.6) is 6.01 Å². The smallest absolute Gasteiger partial charge is 0.296 e. The Morgan fingerprint density at radius 1 is 1.23 bits per heavy atom. The van der Waals surface area contributed by atoms with Gasteiger partial charge in [0.05, 0.1) is 47.4 Å². The van der Waals surface area contributed by atoms with Crippen molar-refractivity contribution < 1.29 is 24.4 Å². The number of hydrogen-bond donors (Lipinski definition) is 3. The molecular weight excluding hydrogens is 414 g/mol. The SMILES string of the molecule is Cn1nc(CCc2nc3nc(O[C@@H]4CO[C@H]5[C@@H]4OC[C@H]5O)[nH]c3cc2Cl)cc1CO. The van der Waals surface area contributed by atoms with Gasteiger partial charge in [-0.3, -0.25) is 4.68 Å². The van der Waals surface area contributed by atoms with Crippen LogP contribution in [0.1, 0.15) is 17.1 Å². The van der Waals surface area contributed by atoms with Crippen molar-refractivity contribution in [3.05, 3.63) is 34.2 Å². The van der Waals surface area contributed by atoms with E-state index < -0.39 is 6.10 Å². The van der Waals surface area contributed by atoms with Gasteiger partial charge in [0.2, 0.25) is 0 Å². The predicted octanol–water partition coefficient (Wildman–Crippen LogP) is 0.528. The van der Waals surface area contributed by atoms with Gasteiger partial charge in [0.1, 0.15) is 18.3 Å². The third-order valence-corrected chi connectivity index (χ3v) is 5.86. The molecule has 0 spiro atoms. The molecule has 2 saturated heterocycles. The summed E-state index contributed by atoms with van der Waals surface area (Å²) in [5.74, 6) is 0. The van der Waals surface area contributed by atoms with E-state index in [1.807, 2.05) is 6.07 Å². The molecule has 0 radical (unpaired) electrons. The number of imidazole rings is 1. The van der Waals surface area contributed by atoms with Crippen LogP contribution in [0, 0.1) is 0 Å². The number of aromatic amines is 1. The second-order valence-corrected chi connectivity index (χ2v) is 7.97. The molecule has 3 aromatic heterocycles. The predicted molar refractivity (Wildman–Crippen MR) is 105 cm³/mol. The highest BCUT2D eigenvalue weighted by molar-refractivity contribution is 6.31. The van der Waals surface area contributed by atoms with E-state index in [9.17, 15) is 10.2 Å². The van der Waals surface area contributed by atoms with Crippen LogP contribution in [0.4, 0.5) is 0 Å². The molecule has 0 amide bonds. The van der Waals surface area contributed by atoms with Crippen LogP contribution in [0.15, 0.2) is 12.1 Å². The number of aryl methyl sites for hydroxylation is 3. The van der Waals surface area contributed by atoms with Gasteiger partial charge in [-0.1, -0.05) is 11.6 Å². The normalized spacial score (nSPS) is 25.9. The minimum absolute atomic E-state index is 0.0534. The molecule has 2 fully saturated rings. The molecule has 5 rings (SSSR count). The van der Waals surface area contributed by atoms with Crippen molar-refractivity contribution >= 4 is 22.8 Å². The monoisotopic (exact) mass is 435 g/mol. The fourth-order valence-electron chi connectivity index (χ4n) is 3.94. The van der Waals surface area contributed by atoms with Gasteiger partial charge in [0, 0.05) is 7.05 Å². The Balaban J connectivity index is 1.30. The summed E-state index contributed by atoms with van der Waals surface area (Å²) >= 11 is 6.42. The van der Waals surface area contributed by atoms with Crippen molar-refractivity contribution in [3.63, 3.8) is 0 Å². The van der Waals surface area contributed by atoms with E-state index in [0.717, 1.165) is 11.4 Å². The van der Waals surface area contributed by atoms with Gasteiger partial charge < -0.3 is 29.4 Å². The van der Waals surface area contributed by atoms with Crippen LogP contribution in [0.25, 0.3) is 11.2 Å². The summed E-state index contributed by atoms with van der Waals surface area (Å²) < 4.78 is 18.7. The third-order valence-electron chi connectivity index (χ3n) is 5.53. The first kappa shape index (κ1) is 19.7. The molecule has 2 aliphatic rings. The molecule has 3 aromatic rings. The summed E-state index contributed by atoms with van der Waals surface area (Å²) in [5.41, 5.74) is 3.50. The minimum atomic E-state index is -0.630. The maximum atomic E-state index is 9.85. The van der Waals surface area contributed by atoms with E-state index >= 15 is 0 Å². The van der Waals surface area contributed by atoms with Gasteiger partial charge in [0.15, 0.2) is 11.8 Å². The quantitative estimate of drug-likeness (QED) is 0.511. The number of aliphatic hydroxyl groups is 2. The highest BCUT2D eigenvalue weighted by atomic mass is 35.5. The van der Waals surface area contributed by atoms with E-state index in [4.69, 9.17) is 25.8 Å². The lowest BCUT2D eigenvalue weighted by Gasteiger charge is -2.15. The fraction of sp³-hybridized carbons (Fsp3) is 0.526. The molecule has 5 heterocycles. The van der Waals surface area contributed by atoms with Crippen molar-refractivity contribution in [2.24, 2.45) is 7.05 Å². The van der Waals surface area contributed by atoms with Crippen molar-refractivity contribution in [2.75, 3.05) is 13.2 Å². The first-order valence-corrected chi connectivity index (χ1v) is 10.2. The number of aromatic nitrogens is 5. The van der Waals surface area contributed by atoms with Gasteiger partial charge in [-0.25, -0.2) is 4.98 Å². The van der Waals surface area contributed by atoms with Crippen molar-refractivity contribution in [1.82, 2.24) is 24.7 Å².